The van der Waals surface area contributed by atoms with E-state index in [2.05, 4.69) is 0 Å². The molecule has 20 heavy (non-hydrogen) atoms. The minimum Gasteiger partial charge on any atom is -0.507 e. The molecule has 0 saturated heterocycles. The predicted molar refractivity (Wildman–Crippen MR) is 85.5 cm³/mol. The maximum atomic E-state index is 10.3. The van der Waals surface area contributed by atoms with Crippen LogP contribution >= 0.6 is 11.6 Å². The summed E-state index contributed by atoms with van der Waals surface area (Å²) in [5.41, 5.74) is 3.88. The fourth-order valence-electron chi connectivity index (χ4n) is 2.63. The highest BCUT2D eigenvalue weighted by molar-refractivity contribution is 6.32. The van der Waals surface area contributed by atoms with Gasteiger partial charge in [-0.25, -0.2) is 0 Å². The van der Waals surface area contributed by atoms with Crippen LogP contribution in [0.2, 0.25) is 5.02 Å². The molecule has 0 atom stereocenters. The molecule has 0 aromatic heterocycles. The van der Waals surface area contributed by atoms with Crippen LogP contribution in [0.25, 0.3) is 21.9 Å². The van der Waals surface area contributed by atoms with E-state index in [0.29, 0.717) is 0 Å². The monoisotopic (exact) mass is 282 g/mol. The third kappa shape index (κ3) is 1.95. The van der Waals surface area contributed by atoms with Gasteiger partial charge in [0.05, 0.1) is 0 Å². The summed E-state index contributed by atoms with van der Waals surface area (Å²) < 4.78 is 0. The molecule has 0 radical (unpaired) electrons. The Kier molecular flexibility index (Phi) is 3.15. The van der Waals surface area contributed by atoms with E-state index in [-0.39, 0.29) is 5.75 Å². The SMILES string of the molecule is Cc1ccc(-c2c(O)ccc3ccccc23)c(C)c1Cl. The maximum absolute atomic E-state index is 10.3. The molecule has 0 aliphatic heterocycles. The fraction of sp³-hybridized carbons (Fsp3) is 0.111. The summed E-state index contributed by atoms with van der Waals surface area (Å²) in [6, 6.07) is 15.7. The van der Waals surface area contributed by atoms with Gasteiger partial charge in [-0.3, -0.25) is 0 Å². The topological polar surface area (TPSA) is 20.2 Å². The van der Waals surface area contributed by atoms with Gasteiger partial charge in [-0.05, 0) is 47.4 Å². The van der Waals surface area contributed by atoms with E-state index >= 15 is 0 Å². The first-order chi connectivity index (χ1) is 9.59. The fourth-order valence-corrected chi connectivity index (χ4v) is 2.80. The number of fused-ring (bicyclic) bond motifs is 1. The Bertz CT molecular complexity index is 806. The molecule has 0 saturated carbocycles. The van der Waals surface area contributed by atoms with E-state index in [9.17, 15) is 5.11 Å². The first-order valence-corrected chi connectivity index (χ1v) is 6.94. The highest BCUT2D eigenvalue weighted by Crippen LogP contribution is 2.40. The molecule has 0 amide bonds. The third-order valence-corrected chi connectivity index (χ3v) is 4.34. The molecule has 0 heterocycles. The summed E-state index contributed by atoms with van der Waals surface area (Å²) in [7, 11) is 0. The lowest BCUT2D eigenvalue weighted by atomic mass is 9.93. The van der Waals surface area contributed by atoms with Crippen molar-refractivity contribution in [2.45, 2.75) is 13.8 Å². The summed E-state index contributed by atoms with van der Waals surface area (Å²) in [4.78, 5) is 0. The standard InChI is InChI=1S/C18H15ClO/c1-11-7-9-14(12(2)18(11)19)17-15-6-4-3-5-13(15)8-10-16(17)20/h3-10,20H,1-2H3. The number of aryl methyl sites for hydroxylation is 1. The normalized spacial score (nSPS) is 10.9. The van der Waals surface area contributed by atoms with Crippen molar-refractivity contribution in [1.82, 2.24) is 0 Å². The number of aromatic hydroxyl groups is 1. The second-order valence-corrected chi connectivity index (χ2v) is 5.43. The highest BCUT2D eigenvalue weighted by Gasteiger charge is 2.13. The van der Waals surface area contributed by atoms with Crippen LogP contribution in [0.15, 0.2) is 48.5 Å². The molecular formula is C18H15ClO. The van der Waals surface area contributed by atoms with E-state index in [1.54, 1.807) is 6.07 Å². The van der Waals surface area contributed by atoms with Crippen molar-refractivity contribution >= 4 is 22.4 Å². The number of rotatable bonds is 1. The van der Waals surface area contributed by atoms with Gasteiger partial charge in [-0.2, -0.15) is 0 Å². The highest BCUT2D eigenvalue weighted by atomic mass is 35.5. The molecule has 3 aromatic rings. The molecule has 100 valence electrons. The van der Waals surface area contributed by atoms with E-state index in [4.69, 9.17) is 11.6 Å². The van der Waals surface area contributed by atoms with E-state index in [1.165, 1.54) is 0 Å². The number of halogens is 1. The largest absolute Gasteiger partial charge is 0.507 e. The van der Waals surface area contributed by atoms with Crippen molar-refractivity contribution in [3.8, 4) is 16.9 Å². The zero-order valence-corrected chi connectivity index (χ0v) is 12.2. The van der Waals surface area contributed by atoms with Crippen molar-refractivity contribution < 1.29 is 5.11 Å². The van der Waals surface area contributed by atoms with E-state index in [1.807, 2.05) is 56.3 Å². The van der Waals surface area contributed by atoms with E-state index < -0.39 is 0 Å². The number of phenols is 1. The number of phenolic OH excluding ortho intramolecular Hbond substituents is 1. The van der Waals surface area contributed by atoms with Crippen molar-refractivity contribution in [1.29, 1.82) is 0 Å². The summed E-state index contributed by atoms with van der Waals surface area (Å²) in [6.45, 7) is 3.98. The summed E-state index contributed by atoms with van der Waals surface area (Å²) >= 11 is 6.35. The van der Waals surface area contributed by atoms with Gasteiger partial charge in [0.15, 0.2) is 0 Å². The molecule has 3 aromatic carbocycles. The molecular weight excluding hydrogens is 268 g/mol. The smallest absolute Gasteiger partial charge is 0.124 e. The first kappa shape index (κ1) is 13.0. The second kappa shape index (κ2) is 4.84. The summed E-state index contributed by atoms with van der Waals surface area (Å²) in [6.07, 6.45) is 0. The third-order valence-electron chi connectivity index (χ3n) is 3.76. The van der Waals surface area contributed by atoms with Crippen LogP contribution in [0.5, 0.6) is 5.75 Å². The Morgan fingerprint density at radius 1 is 0.900 bits per heavy atom. The predicted octanol–water partition coefficient (Wildman–Crippen LogP) is 5.48. The molecule has 0 aliphatic rings. The minimum absolute atomic E-state index is 0.284. The van der Waals surface area contributed by atoms with Crippen LogP contribution in [0.3, 0.4) is 0 Å². The number of benzene rings is 3. The Morgan fingerprint density at radius 3 is 2.45 bits per heavy atom. The number of hydrogen-bond acceptors (Lipinski definition) is 1. The van der Waals surface area contributed by atoms with Crippen molar-refractivity contribution in [2.24, 2.45) is 0 Å². The quantitative estimate of drug-likeness (QED) is 0.626. The van der Waals surface area contributed by atoms with Gasteiger partial charge in [0, 0.05) is 10.6 Å². The van der Waals surface area contributed by atoms with Gasteiger partial charge in [0.2, 0.25) is 0 Å². The van der Waals surface area contributed by atoms with Gasteiger partial charge in [0.1, 0.15) is 5.75 Å². The average Bonchev–Trinajstić information content (AvgIpc) is 2.46. The zero-order valence-electron chi connectivity index (χ0n) is 11.4. The molecule has 0 aliphatic carbocycles. The lowest BCUT2D eigenvalue weighted by Crippen LogP contribution is -1.89. The van der Waals surface area contributed by atoms with Crippen LogP contribution in [0, 0.1) is 13.8 Å². The zero-order chi connectivity index (χ0) is 14.3. The van der Waals surface area contributed by atoms with Crippen molar-refractivity contribution in [2.75, 3.05) is 0 Å². The Morgan fingerprint density at radius 2 is 1.65 bits per heavy atom. The van der Waals surface area contributed by atoms with Crippen LogP contribution in [-0.2, 0) is 0 Å². The van der Waals surface area contributed by atoms with Crippen LogP contribution < -0.4 is 0 Å². The van der Waals surface area contributed by atoms with Crippen molar-refractivity contribution in [3.63, 3.8) is 0 Å². The number of hydrogen-bond donors (Lipinski definition) is 1. The Labute approximate surface area is 123 Å². The minimum atomic E-state index is 0.284. The van der Waals surface area contributed by atoms with Gasteiger partial charge >= 0.3 is 0 Å². The molecule has 1 N–H and O–H groups in total. The molecule has 0 fully saturated rings. The first-order valence-electron chi connectivity index (χ1n) is 6.56. The molecule has 2 heteroatoms. The van der Waals surface area contributed by atoms with Gasteiger partial charge < -0.3 is 5.11 Å². The van der Waals surface area contributed by atoms with Gasteiger partial charge in [-0.1, -0.05) is 54.1 Å². The molecule has 0 bridgehead atoms. The lowest BCUT2D eigenvalue weighted by molar-refractivity contribution is 0.478. The van der Waals surface area contributed by atoms with Gasteiger partial charge in [0.25, 0.3) is 0 Å². The summed E-state index contributed by atoms with van der Waals surface area (Å²) in [5.74, 6) is 0.284. The Balaban J connectivity index is 2.41. The van der Waals surface area contributed by atoms with E-state index in [0.717, 1.165) is 38.0 Å². The van der Waals surface area contributed by atoms with Gasteiger partial charge in [-0.15, -0.1) is 0 Å². The van der Waals surface area contributed by atoms with Crippen LogP contribution in [0.4, 0.5) is 0 Å². The lowest BCUT2D eigenvalue weighted by Gasteiger charge is -2.14. The molecule has 0 unspecified atom stereocenters. The van der Waals surface area contributed by atoms with Crippen LogP contribution in [-0.4, -0.2) is 5.11 Å². The average molecular weight is 283 g/mol. The maximum Gasteiger partial charge on any atom is 0.124 e. The second-order valence-electron chi connectivity index (χ2n) is 5.05. The van der Waals surface area contributed by atoms with Crippen molar-refractivity contribution in [3.05, 3.63) is 64.7 Å². The molecule has 1 nitrogen and oxygen atoms in total. The Hall–Kier alpha value is -1.99. The van der Waals surface area contributed by atoms with Crippen LogP contribution in [0.1, 0.15) is 11.1 Å². The molecule has 3 rings (SSSR count). The molecule has 0 spiro atoms. The summed E-state index contributed by atoms with van der Waals surface area (Å²) in [5, 5.41) is 13.2.